The van der Waals surface area contributed by atoms with Crippen molar-refractivity contribution < 1.29 is 9.59 Å². The second kappa shape index (κ2) is 5.98. The third kappa shape index (κ3) is 2.80. The average Bonchev–Trinajstić information content (AvgIpc) is 2.85. The summed E-state index contributed by atoms with van der Waals surface area (Å²) < 4.78 is 0.544. The molecule has 7 heteroatoms. The summed E-state index contributed by atoms with van der Waals surface area (Å²) in [6.07, 6.45) is 1.89. The van der Waals surface area contributed by atoms with E-state index >= 15 is 0 Å². The van der Waals surface area contributed by atoms with Crippen LogP contribution in [0.25, 0.3) is 0 Å². The lowest BCUT2D eigenvalue weighted by Gasteiger charge is -2.34. The molecule has 1 aliphatic heterocycles. The van der Waals surface area contributed by atoms with E-state index in [1.54, 1.807) is 23.6 Å². The van der Waals surface area contributed by atoms with Crippen LogP contribution in [0, 0.1) is 6.92 Å². The lowest BCUT2D eigenvalue weighted by Crippen LogP contribution is -2.52. The number of aromatic nitrogens is 2. The van der Waals surface area contributed by atoms with Crippen LogP contribution < -0.4 is 5.32 Å². The monoisotopic (exact) mass is 344 g/mol. The van der Waals surface area contributed by atoms with Crippen molar-refractivity contribution >= 4 is 29.3 Å². The molecule has 1 unspecified atom stereocenters. The maximum absolute atomic E-state index is 13.0. The standard InChI is InChI=1S/C17H20N4O2S/c1-11-12(10-21(4)19-11)9-20(3)16(23)17(2)15(22)18-13-7-5-6-8-14(13)24-17/h5-8,10H,9H2,1-4H3,(H,18,22). The van der Waals surface area contributed by atoms with Gasteiger partial charge in [-0.1, -0.05) is 23.9 Å². The van der Waals surface area contributed by atoms with Crippen molar-refractivity contribution in [3.8, 4) is 0 Å². The number of thioether (sulfide) groups is 1. The molecule has 0 radical (unpaired) electrons. The van der Waals surface area contributed by atoms with Crippen molar-refractivity contribution in [2.45, 2.75) is 30.0 Å². The highest BCUT2D eigenvalue weighted by molar-refractivity contribution is 8.02. The Labute approximate surface area is 145 Å². The number of rotatable bonds is 3. The van der Waals surface area contributed by atoms with Crippen LogP contribution in [-0.4, -0.2) is 38.3 Å². The lowest BCUT2D eigenvalue weighted by molar-refractivity contribution is -0.137. The minimum absolute atomic E-state index is 0.220. The molecular formula is C17H20N4O2S. The highest BCUT2D eigenvalue weighted by Gasteiger charge is 2.47. The third-order valence-electron chi connectivity index (χ3n) is 4.16. The smallest absolute Gasteiger partial charge is 0.250 e. The maximum Gasteiger partial charge on any atom is 0.250 e. The molecule has 3 rings (SSSR count). The van der Waals surface area contributed by atoms with Gasteiger partial charge >= 0.3 is 0 Å². The van der Waals surface area contributed by atoms with Gasteiger partial charge in [0.1, 0.15) is 0 Å². The number of nitrogens with one attached hydrogen (secondary N) is 1. The predicted molar refractivity (Wildman–Crippen MR) is 93.8 cm³/mol. The molecule has 24 heavy (non-hydrogen) atoms. The normalized spacial score (nSPS) is 19.6. The number of amides is 2. The molecule has 6 nitrogen and oxygen atoms in total. The molecule has 2 heterocycles. The number of para-hydroxylation sites is 1. The number of carbonyl (C=O) groups excluding carboxylic acids is 2. The molecule has 1 aromatic carbocycles. The minimum atomic E-state index is -1.18. The Balaban J connectivity index is 1.83. The van der Waals surface area contributed by atoms with Crippen molar-refractivity contribution in [3.63, 3.8) is 0 Å². The van der Waals surface area contributed by atoms with Crippen molar-refractivity contribution in [2.75, 3.05) is 12.4 Å². The first kappa shape index (κ1) is 16.6. The molecule has 126 valence electrons. The highest BCUT2D eigenvalue weighted by atomic mass is 32.2. The van der Waals surface area contributed by atoms with Crippen LogP contribution in [0.4, 0.5) is 5.69 Å². The average molecular weight is 344 g/mol. The lowest BCUT2D eigenvalue weighted by atomic mass is 10.1. The van der Waals surface area contributed by atoms with E-state index in [-0.39, 0.29) is 11.8 Å². The number of hydrogen-bond acceptors (Lipinski definition) is 4. The summed E-state index contributed by atoms with van der Waals surface area (Å²) in [4.78, 5) is 28.0. The van der Waals surface area contributed by atoms with Crippen molar-refractivity contribution in [1.82, 2.24) is 14.7 Å². The number of fused-ring (bicyclic) bond motifs is 1. The van der Waals surface area contributed by atoms with E-state index in [9.17, 15) is 9.59 Å². The molecule has 0 fully saturated rings. The van der Waals surface area contributed by atoms with Gasteiger partial charge < -0.3 is 10.2 Å². The van der Waals surface area contributed by atoms with E-state index in [1.165, 1.54) is 11.8 Å². The van der Waals surface area contributed by atoms with E-state index in [4.69, 9.17) is 0 Å². The highest BCUT2D eigenvalue weighted by Crippen LogP contribution is 2.43. The van der Waals surface area contributed by atoms with E-state index in [1.807, 2.05) is 44.4 Å². The molecule has 1 atom stereocenters. The topological polar surface area (TPSA) is 67.2 Å². The van der Waals surface area contributed by atoms with Gasteiger partial charge in [-0.2, -0.15) is 5.10 Å². The van der Waals surface area contributed by atoms with Gasteiger partial charge in [-0.25, -0.2) is 0 Å². The Hall–Kier alpha value is -2.28. The van der Waals surface area contributed by atoms with Gasteiger partial charge in [-0.3, -0.25) is 14.3 Å². The summed E-state index contributed by atoms with van der Waals surface area (Å²) in [5.41, 5.74) is 2.61. The van der Waals surface area contributed by atoms with E-state index in [0.717, 1.165) is 21.8 Å². The second-order valence-corrected chi connectivity index (χ2v) is 7.62. The molecule has 0 saturated heterocycles. The van der Waals surface area contributed by atoms with Crippen molar-refractivity contribution in [2.24, 2.45) is 7.05 Å². The summed E-state index contributed by atoms with van der Waals surface area (Å²) in [5.74, 6) is -0.506. The number of aryl methyl sites for hydroxylation is 2. The number of benzene rings is 1. The minimum Gasteiger partial charge on any atom is -0.340 e. The molecule has 0 spiro atoms. The summed E-state index contributed by atoms with van der Waals surface area (Å²) >= 11 is 1.30. The third-order valence-corrected chi connectivity index (χ3v) is 5.50. The summed E-state index contributed by atoms with van der Waals surface area (Å²) in [7, 11) is 3.56. The Morgan fingerprint density at radius 2 is 2.12 bits per heavy atom. The molecule has 1 N–H and O–H groups in total. The van der Waals surface area contributed by atoms with Gasteiger partial charge in [0.05, 0.1) is 11.4 Å². The van der Waals surface area contributed by atoms with Crippen LogP contribution in [0.3, 0.4) is 0 Å². The predicted octanol–water partition coefficient (Wildman–Crippen LogP) is 2.19. The molecular weight excluding hydrogens is 324 g/mol. The maximum atomic E-state index is 13.0. The molecule has 2 aromatic rings. The van der Waals surface area contributed by atoms with Crippen LogP contribution in [0.5, 0.6) is 0 Å². The second-order valence-electron chi connectivity index (χ2n) is 6.16. The van der Waals surface area contributed by atoms with Crippen molar-refractivity contribution in [3.05, 3.63) is 41.7 Å². The fourth-order valence-corrected chi connectivity index (χ4v) is 4.01. The Morgan fingerprint density at radius 1 is 1.42 bits per heavy atom. The Morgan fingerprint density at radius 3 is 2.79 bits per heavy atom. The first-order chi connectivity index (χ1) is 11.3. The molecule has 1 aliphatic rings. The zero-order valence-electron chi connectivity index (χ0n) is 14.2. The fraction of sp³-hybridized carbons (Fsp3) is 0.353. The zero-order chi connectivity index (χ0) is 17.5. The molecule has 0 bridgehead atoms. The van der Waals surface area contributed by atoms with Gasteiger partial charge in [0.15, 0.2) is 4.75 Å². The van der Waals surface area contributed by atoms with Gasteiger partial charge in [0.25, 0.3) is 0 Å². The number of anilines is 1. The molecule has 0 saturated carbocycles. The molecule has 1 aromatic heterocycles. The van der Waals surface area contributed by atoms with Crippen LogP contribution in [0.1, 0.15) is 18.2 Å². The number of nitrogens with zero attached hydrogens (tertiary/aromatic N) is 3. The first-order valence-electron chi connectivity index (χ1n) is 7.65. The van der Waals surface area contributed by atoms with Gasteiger partial charge in [-0.05, 0) is 26.0 Å². The SMILES string of the molecule is Cc1nn(C)cc1CN(C)C(=O)C1(C)Sc2ccccc2NC1=O. The largest absolute Gasteiger partial charge is 0.340 e. The van der Waals surface area contributed by atoms with E-state index in [2.05, 4.69) is 10.4 Å². The molecule has 0 aliphatic carbocycles. The summed E-state index contributed by atoms with van der Waals surface area (Å²) in [6, 6.07) is 7.52. The van der Waals surface area contributed by atoms with E-state index in [0.29, 0.717) is 6.54 Å². The van der Waals surface area contributed by atoms with Crippen molar-refractivity contribution in [1.29, 1.82) is 0 Å². The van der Waals surface area contributed by atoms with Gasteiger partial charge in [-0.15, -0.1) is 0 Å². The number of carbonyl (C=O) groups is 2. The van der Waals surface area contributed by atoms with Gasteiger partial charge in [0.2, 0.25) is 11.8 Å². The number of hydrogen-bond donors (Lipinski definition) is 1. The summed E-state index contributed by atoms with van der Waals surface area (Å²) in [6.45, 7) is 4.01. The summed E-state index contributed by atoms with van der Waals surface area (Å²) in [5, 5.41) is 7.13. The van der Waals surface area contributed by atoms with Crippen LogP contribution in [0.15, 0.2) is 35.4 Å². The fourth-order valence-electron chi connectivity index (χ4n) is 2.80. The quantitative estimate of drug-likeness (QED) is 0.867. The van der Waals surface area contributed by atoms with E-state index < -0.39 is 4.75 Å². The Kier molecular flexibility index (Phi) is 4.13. The first-order valence-corrected chi connectivity index (χ1v) is 8.47. The Bertz CT molecular complexity index is 817. The van der Waals surface area contributed by atoms with Crippen LogP contribution in [-0.2, 0) is 23.2 Å². The zero-order valence-corrected chi connectivity index (χ0v) is 15.0. The van der Waals surface area contributed by atoms with Crippen LogP contribution >= 0.6 is 11.8 Å². The van der Waals surface area contributed by atoms with Gasteiger partial charge in [0, 0.05) is 37.3 Å². The van der Waals surface area contributed by atoms with Crippen LogP contribution in [0.2, 0.25) is 0 Å². The molecule has 2 amide bonds.